The van der Waals surface area contributed by atoms with E-state index in [-0.39, 0.29) is 37.0 Å². The largest absolute Gasteiger partial charge is 0.294 e. The molecule has 2 fully saturated rings. The Morgan fingerprint density at radius 2 is 1.63 bits per heavy atom. The molecule has 0 aromatic carbocycles. The van der Waals surface area contributed by atoms with Crippen molar-refractivity contribution in [3.05, 3.63) is 0 Å². The highest BCUT2D eigenvalue weighted by atomic mass is 16.2. The van der Waals surface area contributed by atoms with Gasteiger partial charge in [-0.1, -0.05) is 13.8 Å². The molecule has 6 nitrogen and oxygen atoms in total. The Balaban J connectivity index is 2.38. The summed E-state index contributed by atoms with van der Waals surface area (Å²) >= 11 is 0. The monoisotopic (exact) mass is 266 g/mol. The Kier molecular flexibility index (Phi) is 2.99. The SMILES string of the molecule is CC1(C)CCC(=O)N(C2(C)CCC(=O)NC2=O)C1=O. The normalized spacial score (nSPS) is 31.4. The van der Waals surface area contributed by atoms with Crippen LogP contribution in [0.25, 0.3) is 0 Å². The van der Waals surface area contributed by atoms with Gasteiger partial charge in [0.15, 0.2) is 0 Å². The van der Waals surface area contributed by atoms with Crippen LogP contribution in [0, 0.1) is 5.41 Å². The van der Waals surface area contributed by atoms with Gasteiger partial charge in [0.05, 0.1) is 0 Å². The van der Waals surface area contributed by atoms with Gasteiger partial charge in [0.2, 0.25) is 17.7 Å². The molecule has 104 valence electrons. The van der Waals surface area contributed by atoms with Crippen molar-refractivity contribution in [3.8, 4) is 0 Å². The lowest BCUT2D eigenvalue weighted by atomic mass is 9.78. The molecule has 2 aliphatic heterocycles. The minimum atomic E-state index is -1.25. The van der Waals surface area contributed by atoms with E-state index in [4.69, 9.17) is 0 Å². The predicted octanol–water partition coefficient (Wildman–Crippen LogP) is 0.357. The van der Waals surface area contributed by atoms with Crippen molar-refractivity contribution in [2.45, 2.75) is 52.0 Å². The second-order valence-corrected chi connectivity index (χ2v) is 6.07. The minimum absolute atomic E-state index is 0.139. The Hall–Kier alpha value is -1.72. The number of piperidine rings is 2. The predicted molar refractivity (Wildman–Crippen MR) is 65.7 cm³/mol. The number of carbonyl (C=O) groups is 4. The fourth-order valence-electron chi connectivity index (χ4n) is 2.56. The molecule has 0 aromatic rings. The van der Waals surface area contributed by atoms with E-state index < -0.39 is 16.9 Å². The van der Waals surface area contributed by atoms with Gasteiger partial charge in [-0.3, -0.25) is 29.4 Å². The molecular weight excluding hydrogens is 248 g/mol. The topological polar surface area (TPSA) is 83.6 Å². The van der Waals surface area contributed by atoms with Gasteiger partial charge in [0, 0.05) is 18.3 Å². The van der Waals surface area contributed by atoms with Crippen LogP contribution in [0.15, 0.2) is 0 Å². The molecule has 0 bridgehead atoms. The first-order chi connectivity index (χ1) is 8.68. The quantitative estimate of drug-likeness (QED) is 0.694. The van der Waals surface area contributed by atoms with E-state index in [1.807, 2.05) is 0 Å². The number of amides is 4. The molecule has 0 aromatic heterocycles. The first kappa shape index (κ1) is 13.7. The molecule has 1 atom stereocenters. The smallest absolute Gasteiger partial charge is 0.252 e. The van der Waals surface area contributed by atoms with Crippen LogP contribution in [0.1, 0.15) is 46.5 Å². The van der Waals surface area contributed by atoms with E-state index in [1.165, 1.54) is 0 Å². The summed E-state index contributed by atoms with van der Waals surface area (Å²) in [7, 11) is 0. The van der Waals surface area contributed by atoms with E-state index >= 15 is 0 Å². The zero-order chi connectivity index (χ0) is 14.4. The molecule has 1 N–H and O–H groups in total. The summed E-state index contributed by atoms with van der Waals surface area (Å²) in [5.41, 5.74) is -1.90. The number of imide groups is 2. The number of likely N-dealkylation sites (tertiary alicyclic amines) is 1. The van der Waals surface area contributed by atoms with Gasteiger partial charge in [0.1, 0.15) is 5.54 Å². The summed E-state index contributed by atoms with van der Waals surface area (Å²) in [5.74, 6) is -1.60. The molecule has 2 aliphatic rings. The van der Waals surface area contributed by atoms with Gasteiger partial charge >= 0.3 is 0 Å². The molecule has 6 heteroatoms. The maximum atomic E-state index is 12.4. The maximum absolute atomic E-state index is 12.4. The van der Waals surface area contributed by atoms with Crippen molar-refractivity contribution in [2.24, 2.45) is 5.41 Å². The zero-order valence-corrected chi connectivity index (χ0v) is 11.4. The molecule has 1 unspecified atom stereocenters. The van der Waals surface area contributed by atoms with Gasteiger partial charge in [-0.05, 0) is 19.8 Å². The Morgan fingerprint density at radius 1 is 1.00 bits per heavy atom. The Labute approximate surface area is 111 Å². The Bertz CT molecular complexity index is 483. The van der Waals surface area contributed by atoms with Gasteiger partial charge in [-0.25, -0.2) is 0 Å². The summed E-state index contributed by atoms with van der Waals surface area (Å²) in [5, 5.41) is 2.21. The molecule has 2 heterocycles. The van der Waals surface area contributed by atoms with E-state index in [2.05, 4.69) is 5.32 Å². The molecular formula is C13H18N2O4. The van der Waals surface area contributed by atoms with Crippen LogP contribution in [0.3, 0.4) is 0 Å². The van der Waals surface area contributed by atoms with Gasteiger partial charge in [-0.2, -0.15) is 0 Å². The molecule has 0 saturated carbocycles. The van der Waals surface area contributed by atoms with E-state index in [0.717, 1.165) is 4.90 Å². The lowest BCUT2D eigenvalue weighted by Crippen LogP contribution is -2.67. The van der Waals surface area contributed by atoms with Crippen molar-refractivity contribution in [1.29, 1.82) is 0 Å². The molecule has 0 spiro atoms. The van der Waals surface area contributed by atoms with Gasteiger partial charge < -0.3 is 0 Å². The lowest BCUT2D eigenvalue weighted by Gasteiger charge is -2.46. The van der Waals surface area contributed by atoms with Crippen molar-refractivity contribution in [1.82, 2.24) is 10.2 Å². The first-order valence-corrected chi connectivity index (χ1v) is 6.40. The standard InChI is InChI=1S/C13H18N2O4/c1-12(2)6-5-9(17)15(11(12)19)13(3)7-4-8(16)14-10(13)18/h4-7H2,1-3H3,(H,14,16,18). The van der Waals surface area contributed by atoms with Crippen LogP contribution in [0.5, 0.6) is 0 Å². The van der Waals surface area contributed by atoms with Crippen molar-refractivity contribution < 1.29 is 19.2 Å². The fourth-order valence-corrected chi connectivity index (χ4v) is 2.56. The molecule has 2 saturated heterocycles. The van der Waals surface area contributed by atoms with Gasteiger partial charge in [-0.15, -0.1) is 0 Å². The highest BCUT2D eigenvalue weighted by molar-refractivity contribution is 6.10. The summed E-state index contributed by atoms with van der Waals surface area (Å²) in [6, 6.07) is 0. The van der Waals surface area contributed by atoms with Crippen molar-refractivity contribution in [3.63, 3.8) is 0 Å². The van der Waals surface area contributed by atoms with Crippen LogP contribution < -0.4 is 5.32 Å². The molecule has 0 aliphatic carbocycles. The highest BCUT2D eigenvalue weighted by Gasteiger charge is 2.53. The summed E-state index contributed by atoms with van der Waals surface area (Å²) < 4.78 is 0. The Morgan fingerprint density at radius 3 is 2.21 bits per heavy atom. The number of hydrogen-bond donors (Lipinski definition) is 1. The minimum Gasteiger partial charge on any atom is -0.294 e. The molecule has 4 amide bonds. The second kappa shape index (κ2) is 4.15. The number of carbonyl (C=O) groups excluding carboxylic acids is 4. The highest BCUT2D eigenvalue weighted by Crippen LogP contribution is 2.37. The molecule has 19 heavy (non-hydrogen) atoms. The van der Waals surface area contributed by atoms with Crippen LogP contribution in [0.2, 0.25) is 0 Å². The summed E-state index contributed by atoms with van der Waals surface area (Å²) in [4.78, 5) is 48.8. The van der Waals surface area contributed by atoms with Crippen LogP contribution >= 0.6 is 0 Å². The van der Waals surface area contributed by atoms with Crippen molar-refractivity contribution in [2.75, 3.05) is 0 Å². The van der Waals surface area contributed by atoms with Crippen molar-refractivity contribution >= 4 is 23.6 Å². The summed E-state index contributed by atoms with van der Waals surface area (Å²) in [6.07, 6.45) is 1.05. The number of nitrogens with zero attached hydrogens (tertiary/aromatic N) is 1. The third kappa shape index (κ3) is 2.05. The van der Waals surface area contributed by atoms with Crippen LogP contribution in [-0.4, -0.2) is 34.1 Å². The van der Waals surface area contributed by atoms with E-state index in [9.17, 15) is 19.2 Å². The average molecular weight is 266 g/mol. The van der Waals surface area contributed by atoms with E-state index in [1.54, 1.807) is 20.8 Å². The van der Waals surface area contributed by atoms with E-state index in [0.29, 0.717) is 6.42 Å². The fraction of sp³-hybridized carbons (Fsp3) is 0.692. The summed E-state index contributed by atoms with van der Waals surface area (Å²) in [6.45, 7) is 5.08. The van der Waals surface area contributed by atoms with Gasteiger partial charge in [0.25, 0.3) is 5.91 Å². The molecule has 0 radical (unpaired) electrons. The second-order valence-electron chi connectivity index (χ2n) is 6.07. The number of nitrogens with one attached hydrogen (secondary N) is 1. The zero-order valence-electron chi connectivity index (χ0n) is 11.4. The lowest BCUT2D eigenvalue weighted by molar-refractivity contribution is -0.170. The molecule has 2 rings (SSSR count). The maximum Gasteiger partial charge on any atom is 0.252 e. The first-order valence-electron chi connectivity index (χ1n) is 6.40. The third-order valence-electron chi connectivity index (χ3n) is 4.07. The van der Waals surface area contributed by atoms with Crippen LogP contribution in [0.4, 0.5) is 0 Å². The average Bonchev–Trinajstić information content (AvgIpc) is 2.31. The third-order valence-corrected chi connectivity index (χ3v) is 4.07. The number of rotatable bonds is 1. The van der Waals surface area contributed by atoms with Crippen LogP contribution in [-0.2, 0) is 19.2 Å². The number of hydrogen-bond acceptors (Lipinski definition) is 4.